The molecule has 0 bridgehead atoms. The summed E-state index contributed by atoms with van der Waals surface area (Å²) in [5.41, 5.74) is 0.576. The summed E-state index contributed by atoms with van der Waals surface area (Å²) in [6.45, 7) is -1.37. The summed E-state index contributed by atoms with van der Waals surface area (Å²) in [7, 11) is 1.54. The molecule has 0 fully saturated rings. The fourth-order valence-electron chi connectivity index (χ4n) is 1.03. The topological polar surface area (TPSA) is 47.6 Å². The highest BCUT2D eigenvalue weighted by Crippen LogP contribution is 2.25. The van der Waals surface area contributed by atoms with Crippen molar-refractivity contribution in [2.75, 3.05) is 13.7 Å². The van der Waals surface area contributed by atoms with Crippen LogP contribution in [-0.2, 0) is 11.3 Å². The second-order valence-electron chi connectivity index (χ2n) is 3.25. The zero-order valence-corrected chi connectivity index (χ0v) is 11.7. The maximum Gasteiger partial charge on any atom is 0.407 e. The van der Waals surface area contributed by atoms with Crippen molar-refractivity contribution < 1.29 is 15.6 Å². The minimum absolute atomic E-state index is 0.390. The number of carbonyl (C=O) groups is 1. The number of alkyl halides is 3. The number of hydrogen-bond donors (Lipinski definition) is 1. The second-order valence-corrected chi connectivity index (χ2v) is 5.77. The first-order valence-corrected chi connectivity index (χ1v) is 6.01. The lowest BCUT2D eigenvalue weighted by Gasteiger charge is -2.12. The fourth-order valence-corrected chi connectivity index (χ4v) is 1.20. The van der Waals surface area contributed by atoms with E-state index in [2.05, 4.69) is 10.1 Å². The number of amides is 1. The van der Waals surface area contributed by atoms with Gasteiger partial charge in [-0.2, -0.15) is 0 Å². The highest BCUT2D eigenvalue weighted by atomic mass is 35.6. The van der Waals surface area contributed by atoms with Gasteiger partial charge in [0.05, 0.1) is 8.48 Å². The number of benzene rings is 1. The van der Waals surface area contributed by atoms with Gasteiger partial charge in [-0.3, -0.25) is 0 Å². The van der Waals surface area contributed by atoms with Gasteiger partial charge in [0.1, 0.15) is 12.4 Å². The van der Waals surface area contributed by atoms with Gasteiger partial charge in [-0.25, -0.2) is 4.79 Å². The molecule has 0 aliphatic rings. The molecule has 0 unspecified atom stereocenters. The zero-order chi connectivity index (χ0) is 14.5. The predicted molar refractivity (Wildman–Crippen MR) is 71.5 cm³/mol. The largest absolute Gasteiger partial charge is 0.497 e. The maximum absolute atomic E-state index is 11.3. The first-order chi connectivity index (χ1) is 8.81. The zero-order valence-electron chi connectivity index (χ0n) is 10.5. The van der Waals surface area contributed by atoms with Crippen LogP contribution in [0.25, 0.3) is 0 Å². The highest BCUT2D eigenvalue weighted by Gasteiger charge is 2.21. The van der Waals surface area contributed by atoms with E-state index in [0.29, 0.717) is 11.3 Å². The first-order valence-electron chi connectivity index (χ1n) is 5.46. The molecule has 0 heterocycles. The number of ether oxygens (including phenoxy) is 2. The summed E-state index contributed by atoms with van der Waals surface area (Å²) in [6, 6.07) is 6.69. The monoisotopic (exact) mass is 313 g/mol. The van der Waals surface area contributed by atoms with Crippen molar-refractivity contribution >= 4 is 40.9 Å². The van der Waals surface area contributed by atoms with Crippen molar-refractivity contribution in [2.45, 2.75) is 10.3 Å². The first kappa shape index (κ1) is 13.6. The van der Waals surface area contributed by atoms with Crippen molar-refractivity contribution in [3.63, 3.8) is 0 Å². The molecule has 1 rings (SSSR count). The Labute approximate surface area is 122 Å². The van der Waals surface area contributed by atoms with Crippen molar-refractivity contribution in [3.8, 4) is 5.75 Å². The van der Waals surface area contributed by atoms with Gasteiger partial charge in [0.15, 0.2) is 0 Å². The van der Waals surface area contributed by atoms with Crippen molar-refractivity contribution in [3.05, 3.63) is 29.8 Å². The van der Waals surface area contributed by atoms with Crippen molar-refractivity contribution in [1.82, 2.24) is 5.32 Å². The van der Waals surface area contributed by atoms with Gasteiger partial charge in [0.25, 0.3) is 0 Å². The molecule has 0 aliphatic heterocycles. The molecule has 18 heavy (non-hydrogen) atoms. The molecule has 0 saturated carbocycles. The molecule has 1 aromatic rings. The highest BCUT2D eigenvalue weighted by molar-refractivity contribution is 6.67. The lowest BCUT2D eigenvalue weighted by Crippen LogP contribution is -2.27. The second kappa shape index (κ2) is 6.92. The lowest BCUT2D eigenvalue weighted by atomic mass is 10.2. The molecule has 1 aromatic carbocycles. The quantitative estimate of drug-likeness (QED) is 0.685. The average molecular weight is 315 g/mol. The number of methoxy groups -OCH3 is 1. The van der Waals surface area contributed by atoms with Crippen LogP contribution in [0.4, 0.5) is 4.79 Å². The number of alkyl carbamates (subject to hydrolysis) is 1. The number of hydrogen-bond acceptors (Lipinski definition) is 3. The molecule has 1 N–H and O–H groups in total. The third-order valence-electron chi connectivity index (χ3n) is 1.84. The minimum Gasteiger partial charge on any atom is -0.497 e. The summed E-state index contributed by atoms with van der Waals surface area (Å²) in [4.78, 5) is 11.3. The molecule has 7 heteroatoms. The standard InChI is InChI=1S/C11H12Cl3NO3/c1-17-9-4-2-8(3-5-9)6-15-10(16)18-7-11(12,13)14/h2-5H,6-7H2,1H3,(H,15,16)/i6D,15+1/t6-/m1/s1. The van der Waals surface area contributed by atoms with E-state index in [1.165, 1.54) is 0 Å². The van der Waals surface area contributed by atoms with Crippen LogP contribution in [0.5, 0.6) is 5.75 Å². The number of halogens is 3. The molecule has 0 radical (unpaired) electrons. The Morgan fingerprint density at radius 2 is 2.00 bits per heavy atom. The van der Waals surface area contributed by atoms with Gasteiger partial charge in [-0.05, 0) is 17.7 Å². The van der Waals surface area contributed by atoms with E-state index < -0.39 is 23.0 Å². The normalized spacial score (nSPS) is 13.4. The molecular weight excluding hydrogens is 301 g/mol. The summed E-state index contributed by atoms with van der Waals surface area (Å²) in [6.07, 6.45) is -0.831. The van der Waals surface area contributed by atoms with Crippen LogP contribution in [-0.4, -0.2) is 23.6 Å². The molecule has 0 spiro atoms. The minimum atomic E-state index is -1.67. The van der Waals surface area contributed by atoms with E-state index >= 15 is 0 Å². The van der Waals surface area contributed by atoms with Crippen LogP contribution >= 0.6 is 34.8 Å². The van der Waals surface area contributed by atoms with Crippen LogP contribution in [0.3, 0.4) is 0 Å². The Kier molecular flexibility index (Phi) is 5.23. The van der Waals surface area contributed by atoms with Crippen LogP contribution in [0.2, 0.25) is 0 Å². The molecule has 100 valence electrons. The van der Waals surface area contributed by atoms with Gasteiger partial charge in [0.2, 0.25) is 3.79 Å². The van der Waals surface area contributed by atoms with Gasteiger partial charge in [-0.1, -0.05) is 46.9 Å². The molecule has 1 amide bonds. The van der Waals surface area contributed by atoms with E-state index in [-0.39, 0.29) is 0 Å². The van der Waals surface area contributed by atoms with E-state index in [9.17, 15) is 4.79 Å². The third kappa shape index (κ3) is 6.19. The predicted octanol–water partition coefficient (Wildman–Crippen LogP) is 3.29. The summed E-state index contributed by atoms with van der Waals surface area (Å²) in [5, 5.41) is 2.29. The average Bonchev–Trinajstić information content (AvgIpc) is 2.35. The summed E-state index contributed by atoms with van der Waals surface area (Å²) < 4.78 is 15.7. The molecule has 0 aliphatic carbocycles. The molecule has 1 atom stereocenters. The van der Waals surface area contributed by atoms with Crippen LogP contribution in [0, 0.1) is 0 Å². The fraction of sp³-hybridized carbons (Fsp3) is 0.364. The summed E-state index contributed by atoms with van der Waals surface area (Å²) in [5.74, 6) is 0.662. The Morgan fingerprint density at radius 3 is 2.50 bits per heavy atom. The molecule has 0 saturated heterocycles. The van der Waals surface area contributed by atoms with Crippen LogP contribution in [0.1, 0.15) is 6.93 Å². The Bertz CT molecular complexity index is 422. The third-order valence-corrected chi connectivity index (χ3v) is 2.17. The van der Waals surface area contributed by atoms with Gasteiger partial charge >= 0.3 is 6.09 Å². The number of rotatable bonds is 4. The van der Waals surface area contributed by atoms with E-state index in [1.54, 1.807) is 31.4 Å². The Balaban J connectivity index is 2.49. The molecule has 0 aromatic heterocycles. The smallest absolute Gasteiger partial charge is 0.407 e. The van der Waals surface area contributed by atoms with Gasteiger partial charge in [0, 0.05) is 6.52 Å². The van der Waals surface area contributed by atoms with Crippen molar-refractivity contribution in [2.24, 2.45) is 0 Å². The van der Waals surface area contributed by atoms with Gasteiger partial charge < -0.3 is 14.8 Å². The van der Waals surface area contributed by atoms with Crippen LogP contribution < -0.4 is 10.1 Å². The Hall–Kier alpha value is -0.840. The lowest BCUT2D eigenvalue weighted by molar-refractivity contribution is 0.148. The number of carbonyl (C=O) groups excluding carboxylic acids is 1. The van der Waals surface area contributed by atoms with Crippen LogP contribution in [0.15, 0.2) is 24.3 Å². The molecule has 4 nitrogen and oxygen atoms in total. The van der Waals surface area contributed by atoms with Crippen molar-refractivity contribution in [1.29, 1.82) is 0 Å². The van der Waals surface area contributed by atoms with E-state index in [4.69, 9.17) is 40.9 Å². The maximum atomic E-state index is 11.3. The van der Waals surface area contributed by atoms with E-state index in [0.717, 1.165) is 0 Å². The Morgan fingerprint density at radius 1 is 1.39 bits per heavy atom. The number of nitrogens with one attached hydrogen (secondary N) is 1. The SMILES string of the molecule is [2H][C@@H]([15NH]C(=O)OCC(Cl)(Cl)Cl)c1ccc(OC)cc1. The van der Waals surface area contributed by atoms with Gasteiger partial charge in [-0.15, -0.1) is 0 Å². The molecular formula is C11H12Cl3NO3. The summed E-state index contributed by atoms with van der Waals surface area (Å²) >= 11 is 16.3. The van der Waals surface area contributed by atoms with E-state index in [1.807, 2.05) is 0 Å².